The Balaban J connectivity index is 1.95. The summed E-state index contributed by atoms with van der Waals surface area (Å²) in [5, 5.41) is 10.4. The van der Waals surface area contributed by atoms with Crippen LogP contribution in [0.1, 0.15) is 11.1 Å². The van der Waals surface area contributed by atoms with Crippen LogP contribution in [0, 0.1) is 6.92 Å². The summed E-state index contributed by atoms with van der Waals surface area (Å²) in [6.45, 7) is 1.70. The summed E-state index contributed by atoms with van der Waals surface area (Å²) in [4.78, 5) is -0.666. The minimum absolute atomic E-state index is 0.151. The van der Waals surface area contributed by atoms with E-state index in [2.05, 4.69) is 20.2 Å². The average Bonchev–Trinajstić information content (AvgIpc) is 3.08. The van der Waals surface area contributed by atoms with Crippen molar-refractivity contribution < 1.29 is 21.6 Å². The van der Waals surface area contributed by atoms with E-state index in [0.717, 1.165) is 6.07 Å². The number of nitrogens with zero attached hydrogens (tertiary/aromatic N) is 4. The summed E-state index contributed by atoms with van der Waals surface area (Å²) in [6, 6.07) is 6.60. The number of hydrogen-bond acceptors (Lipinski definition) is 5. The summed E-state index contributed by atoms with van der Waals surface area (Å²) in [7, 11) is -4.34. The highest BCUT2D eigenvalue weighted by Gasteiger charge is 2.32. The number of halogens is 4. The van der Waals surface area contributed by atoms with Crippen molar-refractivity contribution in [2.75, 3.05) is 4.72 Å². The molecule has 0 bridgehead atoms. The third-order valence-corrected chi connectivity index (χ3v) is 5.46. The van der Waals surface area contributed by atoms with Crippen molar-refractivity contribution in [2.45, 2.75) is 18.0 Å². The SMILES string of the molecule is Cc1cc(NS(=O)(=O)c2cc(C(F)(F)F)ccc2Cl)ccc1-n1cnnn1. The van der Waals surface area contributed by atoms with E-state index in [4.69, 9.17) is 11.6 Å². The Morgan fingerprint density at radius 1 is 1.15 bits per heavy atom. The fraction of sp³-hybridized carbons (Fsp3) is 0.133. The molecule has 3 aromatic rings. The van der Waals surface area contributed by atoms with E-state index in [1.54, 1.807) is 13.0 Å². The van der Waals surface area contributed by atoms with Gasteiger partial charge >= 0.3 is 6.18 Å². The molecule has 0 aliphatic heterocycles. The monoisotopic (exact) mass is 417 g/mol. The van der Waals surface area contributed by atoms with Gasteiger partial charge in [0.25, 0.3) is 10.0 Å². The number of benzene rings is 2. The van der Waals surface area contributed by atoms with Crippen LogP contribution < -0.4 is 4.72 Å². The summed E-state index contributed by atoms with van der Waals surface area (Å²) >= 11 is 5.81. The van der Waals surface area contributed by atoms with Crippen LogP contribution in [-0.4, -0.2) is 28.6 Å². The van der Waals surface area contributed by atoms with Crippen LogP contribution in [0.15, 0.2) is 47.6 Å². The van der Waals surface area contributed by atoms with E-state index in [1.807, 2.05) is 0 Å². The molecule has 0 amide bonds. The summed E-state index contributed by atoms with van der Waals surface area (Å²) in [6.07, 6.45) is -3.33. The molecule has 27 heavy (non-hydrogen) atoms. The maximum absolute atomic E-state index is 12.9. The summed E-state index contributed by atoms with van der Waals surface area (Å²) in [5.41, 5.74) is 0.285. The predicted molar refractivity (Wildman–Crippen MR) is 91.2 cm³/mol. The van der Waals surface area contributed by atoms with Crippen molar-refractivity contribution in [3.05, 3.63) is 58.9 Å². The van der Waals surface area contributed by atoms with Crippen molar-refractivity contribution in [3.63, 3.8) is 0 Å². The number of aromatic nitrogens is 4. The Morgan fingerprint density at radius 3 is 2.48 bits per heavy atom. The molecule has 0 saturated carbocycles. The zero-order chi connectivity index (χ0) is 19.8. The molecule has 0 saturated heterocycles. The van der Waals surface area contributed by atoms with Gasteiger partial charge < -0.3 is 0 Å². The van der Waals surface area contributed by atoms with Crippen molar-refractivity contribution in [1.82, 2.24) is 20.2 Å². The van der Waals surface area contributed by atoms with Crippen molar-refractivity contribution in [3.8, 4) is 5.69 Å². The number of rotatable bonds is 4. The Kier molecular flexibility index (Phi) is 4.82. The van der Waals surface area contributed by atoms with Crippen molar-refractivity contribution in [1.29, 1.82) is 0 Å². The first kappa shape index (κ1) is 19.1. The van der Waals surface area contributed by atoms with Crippen molar-refractivity contribution in [2.24, 2.45) is 0 Å². The van der Waals surface area contributed by atoms with E-state index in [9.17, 15) is 21.6 Å². The van der Waals surface area contributed by atoms with Crippen LogP contribution in [0.3, 0.4) is 0 Å². The number of aryl methyl sites for hydroxylation is 1. The van der Waals surface area contributed by atoms with Gasteiger partial charge in [0.15, 0.2) is 0 Å². The van der Waals surface area contributed by atoms with Crippen LogP contribution in [0.2, 0.25) is 5.02 Å². The summed E-state index contributed by atoms with van der Waals surface area (Å²) < 4.78 is 67.3. The molecule has 1 aromatic heterocycles. The van der Waals surface area contributed by atoms with Crippen LogP contribution >= 0.6 is 11.6 Å². The molecule has 12 heteroatoms. The molecule has 7 nitrogen and oxygen atoms in total. The van der Waals surface area contributed by atoms with Gasteiger partial charge in [0.05, 0.1) is 16.3 Å². The first-order valence-electron chi connectivity index (χ1n) is 7.31. The number of sulfonamides is 1. The number of nitrogens with one attached hydrogen (secondary N) is 1. The lowest BCUT2D eigenvalue weighted by Crippen LogP contribution is -2.15. The molecule has 2 aromatic carbocycles. The second-order valence-electron chi connectivity index (χ2n) is 5.50. The largest absolute Gasteiger partial charge is 0.416 e. The number of tetrazole rings is 1. The molecule has 0 spiro atoms. The van der Waals surface area contributed by atoms with Crippen LogP contribution in [-0.2, 0) is 16.2 Å². The molecule has 3 rings (SSSR count). The fourth-order valence-corrected chi connectivity index (χ4v) is 3.92. The van der Waals surface area contributed by atoms with E-state index in [1.165, 1.54) is 23.1 Å². The minimum Gasteiger partial charge on any atom is -0.280 e. The lowest BCUT2D eigenvalue weighted by atomic mass is 10.2. The Hall–Kier alpha value is -2.66. The Bertz CT molecular complexity index is 1090. The predicted octanol–water partition coefficient (Wildman–Crippen LogP) is 3.44. The molecule has 0 aliphatic carbocycles. The number of alkyl halides is 3. The highest BCUT2D eigenvalue weighted by molar-refractivity contribution is 7.92. The quantitative estimate of drug-likeness (QED) is 0.702. The van der Waals surface area contributed by atoms with Crippen molar-refractivity contribution >= 4 is 27.3 Å². The second-order valence-corrected chi connectivity index (χ2v) is 7.56. The smallest absolute Gasteiger partial charge is 0.280 e. The molecule has 0 radical (unpaired) electrons. The lowest BCUT2D eigenvalue weighted by molar-refractivity contribution is -0.137. The molecular formula is C15H11ClF3N5O2S. The summed E-state index contributed by atoms with van der Waals surface area (Å²) in [5.74, 6) is 0. The normalized spacial score (nSPS) is 12.2. The van der Waals surface area contributed by atoms with Gasteiger partial charge in [-0.25, -0.2) is 13.1 Å². The highest BCUT2D eigenvalue weighted by Crippen LogP contribution is 2.34. The molecule has 0 fully saturated rings. The van der Waals surface area contributed by atoms with Crippen LogP contribution in [0.25, 0.3) is 5.69 Å². The van der Waals surface area contributed by atoms with Gasteiger partial charge in [-0.3, -0.25) is 4.72 Å². The standard InChI is InChI=1S/C15H11ClF3N5O2S/c1-9-6-11(3-5-13(9)24-8-20-22-23-24)21-27(25,26)14-7-10(15(17,18)19)2-4-12(14)16/h2-8,21H,1H3. The van der Waals surface area contributed by atoms with Crippen LogP contribution in [0.4, 0.5) is 18.9 Å². The molecular weight excluding hydrogens is 407 g/mol. The van der Waals surface area contributed by atoms with E-state index in [-0.39, 0.29) is 10.7 Å². The van der Waals surface area contributed by atoms with Gasteiger partial charge in [-0.1, -0.05) is 11.6 Å². The molecule has 0 aliphatic rings. The first-order chi connectivity index (χ1) is 12.6. The zero-order valence-electron chi connectivity index (χ0n) is 13.6. The van der Waals surface area contributed by atoms with E-state index < -0.39 is 26.7 Å². The number of anilines is 1. The second kappa shape index (κ2) is 6.82. The minimum atomic E-state index is -4.70. The van der Waals surface area contributed by atoms with Gasteiger partial charge in [-0.2, -0.15) is 13.2 Å². The van der Waals surface area contributed by atoms with Gasteiger partial charge in [0.2, 0.25) is 0 Å². The number of hydrogen-bond donors (Lipinski definition) is 1. The average molecular weight is 418 g/mol. The van der Waals surface area contributed by atoms with Gasteiger partial charge in [0.1, 0.15) is 11.2 Å². The fourth-order valence-electron chi connectivity index (χ4n) is 2.34. The molecule has 0 atom stereocenters. The van der Waals surface area contributed by atoms with E-state index in [0.29, 0.717) is 23.4 Å². The lowest BCUT2D eigenvalue weighted by Gasteiger charge is -2.13. The van der Waals surface area contributed by atoms with Gasteiger partial charge in [0, 0.05) is 5.69 Å². The third-order valence-electron chi connectivity index (χ3n) is 3.59. The Labute approximate surface area is 156 Å². The Morgan fingerprint density at radius 2 is 1.89 bits per heavy atom. The topological polar surface area (TPSA) is 89.8 Å². The molecule has 0 unspecified atom stereocenters. The van der Waals surface area contributed by atoms with Gasteiger partial charge in [-0.05, 0) is 59.3 Å². The maximum atomic E-state index is 12.9. The highest BCUT2D eigenvalue weighted by atomic mass is 35.5. The maximum Gasteiger partial charge on any atom is 0.416 e. The molecule has 142 valence electrons. The van der Waals surface area contributed by atoms with Gasteiger partial charge in [-0.15, -0.1) is 5.10 Å². The zero-order valence-corrected chi connectivity index (χ0v) is 15.1. The molecule has 1 N–H and O–H groups in total. The molecule has 1 heterocycles. The third kappa shape index (κ3) is 4.03. The first-order valence-corrected chi connectivity index (χ1v) is 9.17. The van der Waals surface area contributed by atoms with Crippen LogP contribution in [0.5, 0.6) is 0 Å². The van der Waals surface area contributed by atoms with E-state index >= 15 is 0 Å².